The first-order valence-electron chi connectivity index (χ1n) is 10.6. The van der Waals surface area contributed by atoms with Crippen molar-refractivity contribution in [3.05, 3.63) is 87.3 Å². The number of halogens is 1. The SMILES string of the molecule is O=C(Nc1c([C@H](c2ccc(Cl)cc2)N2CCCCC2)oc2ccccc12)c1cccs1. The fraction of sp³-hybridized carbons (Fsp3) is 0.240. The summed E-state index contributed by atoms with van der Waals surface area (Å²) in [7, 11) is 0. The van der Waals surface area contributed by atoms with Crippen molar-refractivity contribution in [2.24, 2.45) is 0 Å². The van der Waals surface area contributed by atoms with E-state index >= 15 is 0 Å². The Kier molecular flexibility index (Phi) is 5.81. The number of likely N-dealkylation sites (tertiary alicyclic amines) is 1. The fourth-order valence-corrected chi connectivity index (χ4v) is 5.06. The van der Waals surface area contributed by atoms with Gasteiger partial charge in [-0.2, -0.15) is 0 Å². The standard InChI is InChI=1S/C25H23ClN2O2S/c26-18-12-10-17(11-13-18)23(28-14-4-1-5-15-28)24-22(19-7-2-3-8-20(19)30-24)27-25(29)21-9-6-16-31-21/h2-3,6-13,16,23H,1,4-5,14-15H2,(H,27,29)/t23-/m0/s1. The Balaban J connectivity index is 1.64. The zero-order chi connectivity index (χ0) is 21.2. The largest absolute Gasteiger partial charge is 0.457 e. The van der Waals surface area contributed by atoms with Gasteiger partial charge in [0.05, 0.1) is 16.6 Å². The Labute approximate surface area is 190 Å². The molecule has 1 fully saturated rings. The maximum atomic E-state index is 13.0. The molecule has 2 aromatic carbocycles. The van der Waals surface area contributed by atoms with E-state index in [0.29, 0.717) is 9.90 Å². The maximum absolute atomic E-state index is 13.0. The van der Waals surface area contributed by atoms with E-state index in [9.17, 15) is 4.79 Å². The summed E-state index contributed by atoms with van der Waals surface area (Å²) in [4.78, 5) is 16.1. The van der Waals surface area contributed by atoms with Gasteiger partial charge in [0.25, 0.3) is 5.91 Å². The molecule has 158 valence electrons. The highest BCUT2D eigenvalue weighted by Crippen LogP contribution is 2.41. The third kappa shape index (κ3) is 4.13. The number of rotatable bonds is 5. The van der Waals surface area contributed by atoms with Crippen molar-refractivity contribution in [2.75, 3.05) is 18.4 Å². The van der Waals surface area contributed by atoms with E-state index in [4.69, 9.17) is 16.0 Å². The monoisotopic (exact) mass is 450 g/mol. The average Bonchev–Trinajstić information content (AvgIpc) is 3.45. The van der Waals surface area contributed by atoms with Crippen LogP contribution in [0.4, 0.5) is 5.69 Å². The number of carbonyl (C=O) groups excluding carboxylic acids is 1. The predicted molar refractivity (Wildman–Crippen MR) is 127 cm³/mol. The fourth-order valence-electron chi connectivity index (χ4n) is 4.32. The van der Waals surface area contributed by atoms with E-state index in [1.165, 1.54) is 17.8 Å². The molecule has 2 aromatic heterocycles. The summed E-state index contributed by atoms with van der Waals surface area (Å²) in [6.07, 6.45) is 3.55. The lowest BCUT2D eigenvalue weighted by molar-refractivity contribution is 0.102. The van der Waals surface area contributed by atoms with Crippen molar-refractivity contribution in [1.82, 2.24) is 4.90 Å². The summed E-state index contributed by atoms with van der Waals surface area (Å²) in [6, 6.07) is 19.5. The normalized spacial score (nSPS) is 15.8. The zero-order valence-electron chi connectivity index (χ0n) is 17.0. The minimum Gasteiger partial charge on any atom is -0.457 e. The van der Waals surface area contributed by atoms with Crippen LogP contribution in [-0.4, -0.2) is 23.9 Å². The minimum atomic E-state index is -0.115. The summed E-state index contributed by atoms with van der Waals surface area (Å²) >= 11 is 7.61. The van der Waals surface area contributed by atoms with Crippen LogP contribution in [0.1, 0.15) is 46.3 Å². The van der Waals surface area contributed by atoms with Crippen molar-refractivity contribution < 1.29 is 9.21 Å². The van der Waals surface area contributed by atoms with Crippen molar-refractivity contribution in [3.63, 3.8) is 0 Å². The number of anilines is 1. The number of hydrogen-bond donors (Lipinski definition) is 1. The predicted octanol–water partition coefficient (Wildman–Crippen LogP) is 6.98. The third-order valence-corrected chi connectivity index (χ3v) is 6.92. The second-order valence-corrected chi connectivity index (χ2v) is 9.20. The lowest BCUT2D eigenvalue weighted by atomic mass is 9.98. The minimum absolute atomic E-state index is 0.0939. The number of fused-ring (bicyclic) bond motifs is 1. The first-order valence-corrected chi connectivity index (χ1v) is 11.8. The van der Waals surface area contributed by atoms with Crippen LogP contribution in [0, 0.1) is 0 Å². The molecular weight excluding hydrogens is 428 g/mol. The highest BCUT2D eigenvalue weighted by molar-refractivity contribution is 7.12. The Morgan fingerprint density at radius 3 is 2.52 bits per heavy atom. The van der Waals surface area contributed by atoms with Gasteiger partial charge in [0.2, 0.25) is 0 Å². The molecule has 3 heterocycles. The van der Waals surface area contributed by atoms with Gasteiger partial charge in [-0.15, -0.1) is 11.3 Å². The number of piperidine rings is 1. The number of carbonyl (C=O) groups is 1. The van der Waals surface area contributed by atoms with Crippen LogP contribution in [0.15, 0.2) is 70.5 Å². The molecule has 1 amide bonds. The average molecular weight is 451 g/mol. The van der Waals surface area contributed by atoms with Crippen LogP contribution in [0.5, 0.6) is 0 Å². The van der Waals surface area contributed by atoms with Gasteiger partial charge in [-0.1, -0.05) is 48.4 Å². The van der Waals surface area contributed by atoms with Crippen LogP contribution >= 0.6 is 22.9 Å². The summed E-state index contributed by atoms with van der Waals surface area (Å²) in [5, 5.41) is 6.69. The van der Waals surface area contributed by atoms with Crippen molar-refractivity contribution in [2.45, 2.75) is 25.3 Å². The molecule has 0 aliphatic carbocycles. The first-order chi connectivity index (χ1) is 15.2. The maximum Gasteiger partial charge on any atom is 0.265 e. The van der Waals surface area contributed by atoms with E-state index in [-0.39, 0.29) is 11.9 Å². The molecule has 6 heteroatoms. The molecule has 1 N–H and O–H groups in total. The number of hydrogen-bond acceptors (Lipinski definition) is 4. The summed E-state index contributed by atoms with van der Waals surface area (Å²) in [5.41, 5.74) is 2.63. The Hall–Kier alpha value is -2.60. The Morgan fingerprint density at radius 2 is 1.77 bits per heavy atom. The lowest BCUT2D eigenvalue weighted by Gasteiger charge is -2.34. The zero-order valence-corrected chi connectivity index (χ0v) is 18.6. The van der Waals surface area contributed by atoms with Crippen LogP contribution in [-0.2, 0) is 0 Å². The van der Waals surface area contributed by atoms with Crippen molar-refractivity contribution in [1.29, 1.82) is 0 Å². The number of nitrogens with one attached hydrogen (secondary N) is 1. The van der Waals surface area contributed by atoms with Gasteiger partial charge in [0.15, 0.2) is 0 Å². The van der Waals surface area contributed by atoms with Gasteiger partial charge in [0.1, 0.15) is 11.3 Å². The van der Waals surface area contributed by atoms with Gasteiger partial charge in [-0.25, -0.2) is 0 Å². The molecule has 1 aliphatic rings. The number of para-hydroxylation sites is 1. The molecule has 0 saturated carbocycles. The van der Waals surface area contributed by atoms with Gasteiger partial charge in [-0.3, -0.25) is 9.69 Å². The van der Waals surface area contributed by atoms with E-state index < -0.39 is 0 Å². The molecule has 0 bridgehead atoms. The number of thiophene rings is 1. The molecule has 4 nitrogen and oxygen atoms in total. The van der Waals surface area contributed by atoms with E-state index in [1.54, 1.807) is 0 Å². The Bertz CT molecular complexity index is 1180. The first kappa shape index (κ1) is 20.3. The van der Waals surface area contributed by atoms with Crippen LogP contribution in [0.25, 0.3) is 11.0 Å². The van der Waals surface area contributed by atoms with E-state index in [0.717, 1.165) is 53.9 Å². The highest BCUT2D eigenvalue weighted by Gasteiger charge is 2.31. The second kappa shape index (κ2) is 8.87. The van der Waals surface area contributed by atoms with Crippen LogP contribution < -0.4 is 5.32 Å². The summed E-state index contributed by atoms with van der Waals surface area (Å²) in [6.45, 7) is 1.98. The molecular formula is C25H23ClN2O2S. The molecule has 0 unspecified atom stereocenters. The van der Waals surface area contributed by atoms with Crippen LogP contribution in [0.2, 0.25) is 5.02 Å². The van der Waals surface area contributed by atoms with Crippen LogP contribution in [0.3, 0.4) is 0 Å². The van der Waals surface area contributed by atoms with Gasteiger partial charge in [-0.05, 0) is 67.2 Å². The lowest BCUT2D eigenvalue weighted by Crippen LogP contribution is -2.34. The molecule has 0 spiro atoms. The van der Waals surface area contributed by atoms with Gasteiger partial charge >= 0.3 is 0 Å². The van der Waals surface area contributed by atoms with Gasteiger partial charge in [0, 0.05) is 10.4 Å². The highest BCUT2D eigenvalue weighted by atomic mass is 35.5. The van der Waals surface area contributed by atoms with E-state index in [1.807, 2.05) is 53.9 Å². The number of amides is 1. The summed E-state index contributed by atoms with van der Waals surface area (Å²) < 4.78 is 6.43. The molecule has 0 radical (unpaired) electrons. The molecule has 1 atom stereocenters. The Morgan fingerprint density at radius 1 is 1.00 bits per heavy atom. The molecule has 31 heavy (non-hydrogen) atoms. The number of furan rings is 1. The third-order valence-electron chi connectivity index (χ3n) is 5.80. The second-order valence-electron chi connectivity index (χ2n) is 7.82. The topological polar surface area (TPSA) is 45.5 Å². The molecule has 4 aromatic rings. The molecule has 5 rings (SSSR count). The van der Waals surface area contributed by atoms with Crippen molar-refractivity contribution >= 4 is 45.5 Å². The molecule has 1 aliphatic heterocycles. The number of nitrogens with zero attached hydrogens (tertiary/aromatic N) is 1. The van der Waals surface area contributed by atoms with E-state index in [2.05, 4.69) is 22.3 Å². The summed E-state index contributed by atoms with van der Waals surface area (Å²) in [5.74, 6) is 0.659. The van der Waals surface area contributed by atoms with Gasteiger partial charge < -0.3 is 9.73 Å². The number of benzene rings is 2. The van der Waals surface area contributed by atoms with Crippen molar-refractivity contribution in [3.8, 4) is 0 Å². The molecule has 1 saturated heterocycles. The smallest absolute Gasteiger partial charge is 0.265 e. The quantitative estimate of drug-likeness (QED) is 0.357.